The van der Waals surface area contributed by atoms with Crippen LogP contribution < -0.4 is 0 Å². The lowest BCUT2D eigenvalue weighted by molar-refractivity contribution is -0.152. The van der Waals surface area contributed by atoms with E-state index in [1.165, 1.54) is 11.1 Å². The predicted octanol–water partition coefficient (Wildman–Crippen LogP) is 6.88. The van der Waals surface area contributed by atoms with Gasteiger partial charge in [-0.25, -0.2) is 0 Å². The number of ketones is 1. The Hall–Kier alpha value is -2.66. The van der Waals surface area contributed by atoms with Crippen LogP contribution in [0.2, 0.25) is 10.0 Å². The zero-order valence-electron chi connectivity index (χ0n) is 23.8. The molecule has 0 radical (unpaired) electrons. The van der Waals surface area contributed by atoms with Crippen molar-refractivity contribution in [3.8, 4) is 0 Å². The lowest BCUT2D eigenvalue weighted by Gasteiger charge is -2.35. The fourth-order valence-electron chi connectivity index (χ4n) is 7.08. The number of halogens is 5. The fourth-order valence-corrected chi connectivity index (χ4v) is 7.63. The van der Waals surface area contributed by atoms with Gasteiger partial charge in [0.25, 0.3) is 5.91 Å². The van der Waals surface area contributed by atoms with Crippen molar-refractivity contribution in [1.29, 1.82) is 0 Å². The van der Waals surface area contributed by atoms with Crippen LogP contribution >= 0.6 is 23.2 Å². The molecule has 0 saturated heterocycles. The number of carboxylic acids is 1. The highest BCUT2D eigenvalue weighted by atomic mass is 35.5. The van der Waals surface area contributed by atoms with Gasteiger partial charge in [0.2, 0.25) is 0 Å². The first-order chi connectivity index (χ1) is 19.5. The second-order valence-electron chi connectivity index (χ2n) is 12.8. The van der Waals surface area contributed by atoms with E-state index < -0.39 is 59.1 Å². The number of nitrogens with zero attached hydrogens (tertiary/aromatic N) is 4. The minimum atomic E-state index is -4.92. The largest absolute Gasteiger partial charge is 0.481 e. The number of rotatable bonds is 7. The Morgan fingerprint density at radius 3 is 2.24 bits per heavy atom. The number of aliphatic carboxylic acids is 1. The molecule has 13 heteroatoms. The molecule has 8 nitrogen and oxygen atoms in total. The van der Waals surface area contributed by atoms with E-state index in [4.69, 9.17) is 23.2 Å². The van der Waals surface area contributed by atoms with Crippen LogP contribution in [0.3, 0.4) is 0 Å². The summed E-state index contributed by atoms with van der Waals surface area (Å²) in [6.07, 6.45) is -0.877. The first-order valence-electron chi connectivity index (χ1n) is 14.0. The summed E-state index contributed by atoms with van der Waals surface area (Å²) >= 11 is 12.6. The van der Waals surface area contributed by atoms with Crippen LogP contribution in [0.1, 0.15) is 97.4 Å². The number of carbonyl (C=O) groups is 3. The standard InChI is InChI=1S/C29H33Cl2F3N4O4/c1-14-23(31)22(20(30)12-35-14)21(39)13-37(16-9-18-19(10-16)27(18,2)3)25(40)17-11-36-38(24(17)29(32,33)34)15-5-7-28(4,8-6-15)26(41)42/h11-12,15-16,18-19H,5-10,13H2,1-4H3,(H,41,42)/t15?,16?,18-,19+,28?. The monoisotopic (exact) mass is 628 g/mol. The van der Waals surface area contributed by atoms with Crippen LogP contribution in [0.25, 0.3) is 0 Å². The smallest absolute Gasteiger partial charge is 0.433 e. The van der Waals surface area contributed by atoms with Crippen molar-refractivity contribution in [1.82, 2.24) is 19.7 Å². The van der Waals surface area contributed by atoms with Crippen LogP contribution in [-0.2, 0) is 11.0 Å². The topological polar surface area (TPSA) is 105 Å². The lowest BCUT2D eigenvalue weighted by Crippen LogP contribution is -2.44. The second-order valence-corrected chi connectivity index (χ2v) is 13.6. The number of amides is 1. The van der Waals surface area contributed by atoms with Crippen molar-refractivity contribution in [2.45, 2.75) is 84.5 Å². The van der Waals surface area contributed by atoms with Crippen LogP contribution in [0.15, 0.2) is 12.4 Å². The van der Waals surface area contributed by atoms with Gasteiger partial charge in [-0.1, -0.05) is 37.0 Å². The molecule has 5 rings (SSSR count). The molecule has 0 aliphatic heterocycles. The van der Waals surface area contributed by atoms with Crippen LogP contribution in [-0.4, -0.2) is 55.0 Å². The molecule has 1 N–H and O–H groups in total. The highest BCUT2D eigenvalue weighted by molar-refractivity contribution is 6.40. The molecule has 3 saturated carbocycles. The minimum absolute atomic E-state index is 0.00661. The van der Waals surface area contributed by atoms with Crippen molar-refractivity contribution in [3.05, 3.63) is 45.0 Å². The van der Waals surface area contributed by atoms with Gasteiger partial charge in [-0.3, -0.25) is 24.0 Å². The van der Waals surface area contributed by atoms with E-state index >= 15 is 0 Å². The van der Waals surface area contributed by atoms with E-state index in [9.17, 15) is 32.7 Å². The Kier molecular flexibility index (Phi) is 7.70. The van der Waals surface area contributed by atoms with Crippen LogP contribution in [0.5, 0.6) is 0 Å². The summed E-state index contributed by atoms with van der Waals surface area (Å²) in [6, 6.07) is -1.16. The molecule has 2 aromatic heterocycles. The third kappa shape index (κ3) is 5.20. The highest BCUT2D eigenvalue weighted by Crippen LogP contribution is 2.67. The zero-order valence-corrected chi connectivity index (χ0v) is 25.3. The average Bonchev–Trinajstić information content (AvgIpc) is 3.33. The van der Waals surface area contributed by atoms with Crippen LogP contribution in [0, 0.1) is 29.6 Å². The summed E-state index contributed by atoms with van der Waals surface area (Å²) in [5.41, 5.74) is -2.43. The van der Waals surface area contributed by atoms with Crippen molar-refractivity contribution in [2.75, 3.05) is 6.54 Å². The molecule has 2 heterocycles. The van der Waals surface area contributed by atoms with Gasteiger partial charge in [0.1, 0.15) is 0 Å². The number of aromatic nitrogens is 3. The first-order valence-corrected chi connectivity index (χ1v) is 14.8. The maximum atomic E-state index is 14.6. The number of aryl methyl sites for hydroxylation is 1. The molecular weight excluding hydrogens is 596 g/mol. The molecule has 3 atom stereocenters. The average molecular weight is 630 g/mol. The molecule has 3 aliphatic carbocycles. The number of alkyl halides is 3. The Labute approximate surface area is 251 Å². The van der Waals surface area contributed by atoms with E-state index in [1.54, 1.807) is 13.8 Å². The first kappa shape index (κ1) is 30.8. The SMILES string of the molecule is Cc1ncc(Cl)c(C(=O)CN(C(=O)c2cnn(C3CCC(C)(C(=O)O)CC3)c2C(F)(F)F)C2C[C@@H]3[C@H](C2)C3(C)C)c1Cl. The minimum Gasteiger partial charge on any atom is -0.481 e. The van der Waals surface area contributed by atoms with Gasteiger partial charge in [0.05, 0.1) is 51.1 Å². The maximum absolute atomic E-state index is 14.6. The molecule has 3 aliphatic rings. The van der Waals surface area contributed by atoms with E-state index in [1.807, 2.05) is 0 Å². The molecule has 0 spiro atoms. The van der Waals surface area contributed by atoms with Gasteiger partial charge in [-0.15, -0.1) is 0 Å². The molecule has 0 bridgehead atoms. The van der Waals surface area contributed by atoms with E-state index in [0.717, 1.165) is 10.9 Å². The number of fused-ring (bicyclic) bond motifs is 1. The Morgan fingerprint density at radius 2 is 1.69 bits per heavy atom. The number of hydrogen-bond donors (Lipinski definition) is 1. The van der Waals surface area contributed by atoms with Crippen molar-refractivity contribution in [2.24, 2.45) is 22.7 Å². The third-order valence-electron chi connectivity index (χ3n) is 10.00. The number of carboxylic acid groups (broad SMARTS) is 1. The van der Waals surface area contributed by atoms with Crippen molar-refractivity contribution in [3.63, 3.8) is 0 Å². The Bertz CT molecular complexity index is 1430. The summed E-state index contributed by atoms with van der Waals surface area (Å²) in [5.74, 6) is -1.91. The molecule has 1 unspecified atom stereocenters. The number of Topliss-reactive ketones (excluding diaryl/α,β-unsaturated/α-hetero) is 1. The van der Waals surface area contributed by atoms with Crippen molar-refractivity contribution < 1.29 is 32.7 Å². The van der Waals surface area contributed by atoms with Gasteiger partial charge >= 0.3 is 12.1 Å². The van der Waals surface area contributed by atoms with Gasteiger partial charge in [-0.05, 0) is 69.6 Å². The van der Waals surface area contributed by atoms with Gasteiger partial charge in [-0.2, -0.15) is 18.3 Å². The Morgan fingerprint density at radius 1 is 1.10 bits per heavy atom. The molecular formula is C29H33Cl2F3N4O4. The summed E-state index contributed by atoms with van der Waals surface area (Å²) in [7, 11) is 0. The van der Waals surface area contributed by atoms with Gasteiger partial charge in [0, 0.05) is 12.2 Å². The predicted molar refractivity (Wildman–Crippen MR) is 149 cm³/mol. The summed E-state index contributed by atoms with van der Waals surface area (Å²) in [6.45, 7) is 6.93. The molecule has 42 heavy (non-hydrogen) atoms. The van der Waals surface area contributed by atoms with E-state index in [2.05, 4.69) is 23.9 Å². The normalized spacial score (nSPS) is 28.3. The molecule has 1 amide bonds. The molecule has 2 aromatic rings. The fraction of sp³-hybridized carbons (Fsp3) is 0.621. The molecule has 228 valence electrons. The Balaban J connectivity index is 1.49. The van der Waals surface area contributed by atoms with E-state index in [0.29, 0.717) is 30.4 Å². The highest BCUT2D eigenvalue weighted by Gasteiger charge is 2.63. The summed E-state index contributed by atoms with van der Waals surface area (Å²) < 4.78 is 44.6. The third-order valence-corrected chi connectivity index (χ3v) is 10.7. The number of hydrogen-bond acceptors (Lipinski definition) is 5. The second kappa shape index (κ2) is 10.5. The summed E-state index contributed by atoms with van der Waals surface area (Å²) in [4.78, 5) is 44.5. The van der Waals surface area contributed by atoms with Gasteiger partial charge in [0.15, 0.2) is 11.5 Å². The van der Waals surface area contributed by atoms with Crippen molar-refractivity contribution >= 4 is 40.9 Å². The van der Waals surface area contributed by atoms with Gasteiger partial charge < -0.3 is 10.0 Å². The summed E-state index contributed by atoms with van der Waals surface area (Å²) in [5, 5.41) is 13.6. The number of carbonyl (C=O) groups excluding carboxylic acids is 2. The van der Waals surface area contributed by atoms with E-state index in [-0.39, 0.29) is 46.7 Å². The lowest BCUT2D eigenvalue weighted by atomic mass is 9.74. The maximum Gasteiger partial charge on any atom is 0.433 e. The number of pyridine rings is 1. The molecule has 0 aromatic carbocycles. The zero-order chi connectivity index (χ0) is 30.9. The quantitative estimate of drug-likeness (QED) is 0.335. The molecule has 3 fully saturated rings. The van der Waals surface area contributed by atoms with Crippen LogP contribution in [0.4, 0.5) is 13.2 Å².